The number of carbonyl (C=O) groups is 1. The molecular weight excluding hydrogens is 374 g/mol. The molecule has 0 unspecified atom stereocenters. The summed E-state index contributed by atoms with van der Waals surface area (Å²) in [6.07, 6.45) is 0. The van der Waals surface area contributed by atoms with Crippen LogP contribution in [0.3, 0.4) is 0 Å². The van der Waals surface area contributed by atoms with Crippen molar-refractivity contribution in [1.82, 2.24) is 15.0 Å². The molecule has 1 amide bonds. The molecule has 0 aliphatic heterocycles. The third kappa shape index (κ3) is 3.09. The number of nitrogen functional groups attached to an aromatic ring is 1. The smallest absolute Gasteiger partial charge is 0.280 e. The zero-order valence-corrected chi connectivity index (χ0v) is 14.3. The zero-order chi connectivity index (χ0) is 17.1. The Morgan fingerprint density at radius 2 is 1.92 bits per heavy atom. The second kappa shape index (κ2) is 6.71. The van der Waals surface area contributed by atoms with Gasteiger partial charge < -0.3 is 15.8 Å². The molecule has 0 atom stereocenters. The van der Waals surface area contributed by atoms with E-state index in [2.05, 4.69) is 31.6 Å². The molecular formula is C16H14BrN5O2. The maximum atomic E-state index is 12.4. The molecule has 1 heterocycles. The quantitative estimate of drug-likeness (QED) is 0.717. The third-order valence-corrected chi connectivity index (χ3v) is 3.86. The van der Waals surface area contributed by atoms with E-state index >= 15 is 0 Å². The summed E-state index contributed by atoms with van der Waals surface area (Å²) in [6, 6.07) is 14.4. The van der Waals surface area contributed by atoms with Gasteiger partial charge in [0.05, 0.1) is 7.11 Å². The molecule has 0 bridgehead atoms. The summed E-state index contributed by atoms with van der Waals surface area (Å²) in [4.78, 5) is 12.4. The van der Waals surface area contributed by atoms with E-state index in [0.29, 0.717) is 17.1 Å². The Balaban J connectivity index is 1.89. The van der Waals surface area contributed by atoms with E-state index in [-0.39, 0.29) is 11.5 Å². The van der Waals surface area contributed by atoms with E-state index in [0.717, 1.165) is 4.47 Å². The number of aromatic nitrogens is 3. The van der Waals surface area contributed by atoms with Crippen molar-refractivity contribution in [2.75, 3.05) is 18.2 Å². The number of para-hydroxylation sites is 2. The predicted molar refractivity (Wildman–Crippen MR) is 94.4 cm³/mol. The molecule has 1 aromatic heterocycles. The van der Waals surface area contributed by atoms with Gasteiger partial charge in [-0.05, 0) is 36.4 Å². The molecule has 122 valence electrons. The Kier molecular flexibility index (Phi) is 4.48. The Morgan fingerprint density at radius 3 is 2.62 bits per heavy atom. The van der Waals surface area contributed by atoms with E-state index in [4.69, 9.17) is 10.5 Å². The number of nitrogens with one attached hydrogen (secondary N) is 1. The van der Waals surface area contributed by atoms with Gasteiger partial charge in [-0.2, -0.15) is 4.68 Å². The van der Waals surface area contributed by atoms with Crippen LogP contribution >= 0.6 is 15.9 Å². The molecule has 0 aliphatic rings. The van der Waals surface area contributed by atoms with Crippen LogP contribution in [0, 0.1) is 0 Å². The molecule has 2 aromatic carbocycles. The van der Waals surface area contributed by atoms with Gasteiger partial charge in [-0.1, -0.05) is 33.3 Å². The SMILES string of the molecule is COc1ccccc1-n1nnc(C(=O)Nc2ccc(Br)cc2)c1N. The van der Waals surface area contributed by atoms with Gasteiger partial charge in [0.25, 0.3) is 5.91 Å². The second-order valence-corrected chi connectivity index (χ2v) is 5.78. The molecule has 0 saturated heterocycles. The fourth-order valence-electron chi connectivity index (χ4n) is 2.16. The van der Waals surface area contributed by atoms with Crippen LogP contribution in [0.2, 0.25) is 0 Å². The first-order valence-electron chi connectivity index (χ1n) is 7.01. The van der Waals surface area contributed by atoms with Crippen molar-refractivity contribution in [2.45, 2.75) is 0 Å². The van der Waals surface area contributed by atoms with Gasteiger partial charge in [0.15, 0.2) is 11.5 Å². The summed E-state index contributed by atoms with van der Waals surface area (Å²) in [7, 11) is 1.55. The maximum Gasteiger partial charge on any atom is 0.280 e. The average Bonchev–Trinajstić information content (AvgIpc) is 2.98. The van der Waals surface area contributed by atoms with Gasteiger partial charge in [0, 0.05) is 10.2 Å². The number of benzene rings is 2. The zero-order valence-electron chi connectivity index (χ0n) is 12.7. The number of methoxy groups -OCH3 is 1. The highest BCUT2D eigenvalue weighted by Gasteiger charge is 2.20. The summed E-state index contributed by atoms with van der Waals surface area (Å²) in [6.45, 7) is 0. The monoisotopic (exact) mass is 387 g/mol. The molecule has 0 spiro atoms. The van der Waals surface area contributed by atoms with Gasteiger partial charge in [0.2, 0.25) is 0 Å². The minimum atomic E-state index is -0.434. The van der Waals surface area contributed by atoms with Gasteiger partial charge in [0.1, 0.15) is 11.4 Å². The van der Waals surface area contributed by atoms with E-state index in [1.165, 1.54) is 4.68 Å². The van der Waals surface area contributed by atoms with Crippen LogP contribution in [0.25, 0.3) is 5.69 Å². The lowest BCUT2D eigenvalue weighted by atomic mass is 10.3. The van der Waals surface area contributed by atoms with E-state index < -0.39 is 5.91 Å². The van der Waals surface area contributed by atoms with Gasteiger partial charge in [-0.25, -0.2) is 0 Å². The summed E-state index contributed by atoms with van der Waals surface area (Å²) in [5.41, 5.74) is 7.33. The average molecular weight is 388 g/mol. The number of nitrogens with zero attached hydrogens (tertiary/aromatic N) is 3. The lowest BCUT2D eigenvalue weighted by Crippen LogP contribution is -2.15. The largest absolute Gasteiger partial charge is 0.494 e. The second-order valence-electron chi connectivity index (χ2n) is 4.87. The molecule has 3 N–H and O–H groups in total. The number of rotatable bonds is 4. The van der Waals surface area contributed by atoms with Crippen LogP contribution in [0.4, 0.5) is 11.5 Å². The normalized spacial score (nSPS) is 10.4. The van der Waals surface area contributed by atoms with Gasteiger partial charge >= 0.3 is 0 Å². The number of ether oxygens (including phenoxy) is 1. The van der Waals surface area contributed by atoms with E-state index in [9.17, 15) is 4.79 Å². The van der Waals surface area contributed by atoms with Gasteiger partial charge in [-0.3, -0.25) is 4.79 Å². The summed E-state index contributed by atoms with van der Waals surface area (Å²) in [5.74, 6) is 0.277. The fraction of sp³-hybridized carbons (Fsp3) is 0.0625. The molecule has 3 aromatic rings. The van der Waals surface area contributed by atoms with Crippen LogP contribution in [0.5, 0.6) is 5.75 Å². The van der Waals surface area contributed by atoms with Crippen molar-refractivity contribution in [1.29, 1.82) is 0 Å². The molecule has 7 nitrogen and oxygen atoms in total. The Labute approximate surface area is 146 Å². The minimum Gasteiger partial charge on any atom is -0.494 e. The predicted octanol–water partition coefficient (Wildman–Crippen LogP) is 2.87. The summed E-state index contributed by atoms with van der Waals surface area (Å²) < 4.78 is 7.57. The summed E-state index contributed by atoms with van der Waals surface area (Å²) >= 11 is 3.34. The molecule has 3 rings (SSSR count). The summed E-state index contributed by atoms with van der Waals surface area (Å²) in [5, 5.41) is 10.6. The molecule has 0 saturated carbocycles. The van der Waals surface area contributed by atoms with Crippen molar-refractivity contribution < 1.29 is 9.53 Å². The first-order valence-corrected chi connectivity index (χ1v) is 7.81. The molecule has 24 heavy (non-hydrogen) atoms. The van der Waals surface area contributed by atoms with Crippen molar-refractivity contribution in [3.63, 3.8) is 0 Å². The van der Waals surface area contributed by atoms with Crippen LogP contribution in [-0.2, 0) is 0 Å². The number of halogens is 1. The highest BCUT2D eigenvalue weighted by Crippen LogP contribution is 2.25. The highest BCUT2D eigenvalue weighted by atomic mass is 79.9. The number of hydrogen-bond donors (Lipinski definition) is 2. The lowest BCUT2D eigenvalue weighted by molar-refractivity contribution is 0.102. The Hall–Kier alpha value is -2.87. The van der Waals surface area contributed by atoms with E-state index in [1.54, 1.807) is 31.4 Å². The lowest BCUT2D eigenvalue weighted by Gasteiger charge is -2.08. The van der Waals surface area contributed by atoms with Gasteiger partial charge in [-0.15, -0.1) is 5.10 Å². The number of carbonyl (C=O) groups excluding carboxylic acids is 1. The third-order valence-electron chi connectivity index (χ3n) is 3.34. The topological polar surface area (TPSA) is 95.1 Å². The van der Waals surface area contributed by atoms with E-state index in [1.807, 2.05) is 24.3 Å². The molecule has 0 aliphatic carbocycles. The minimum absolute atomic E-state index is 0.0452. The van der Waals surface area contributed by atoms with Crippen molar-refractivity contribution >= 4 is 33.3 Å². The fourth-order valence-corrected chi connectivity index (χ4v) is 2.42. The highest BCUT2D eigenvalue weighted by molar-refractivity contribution is 9.10. The Bertz CT molecular complexity index is 876. The number of anilines is 2. The number of amides is 1. The standard InChI is InChI=1S/C16H14BrN5O2/c1-24-13-5-3-2-4-12(13)22-15(18)14(20-21-22)16(23)19-11-8-6-10(17)7-9-11/h2-9H,18H2,1H3,(H,19,23). The van der Waals surface area contributed by atoms with Crippen molar-refractivity contribution in [2.24, 2.45) is 0 Å². The number of nitrogens with two attached hydrogens (primary N) is 1. The molecule has 0 fully saturated rings. The molecule has 8 heteroatoms. The first kappa shape index (κ1) is 16.0. The van der Waals surface area contributed by atoms with Crippen LogP contribution in [-0.4, -0.2) is 28.0 Å². The van der Waals surface area contributed by atoms with Crippen LogP contribution in [0.1, 0.15) is 10.5 Å². The van der Waals surface area contributed by atoms with Crippen molar-refractivity contribution in [3.05, 3.63) is 58.7 Å². The number of hydrogen-bond acceptors (Lipinski definition) is 5. The van der Waals surface area contributed by atoms with Crippen LogP contribution in [0.15, 0.2) is 53.0 Å². The molecule has 0 radical (unpaired) electrons. The van der Waals surface area contributed by atoms with Crippen LogP contribution < -0.4 is 15.8 Å². The maximum absolute atomic E-state index is 12.4. The first-order chi connectivity index (χ1) is 11.6. The Morgan fingerprint density at radius 1 is 1.21 bits per heavy atom. The van der Waals surface area contributed by atoms with Crippen molar-refractivity contribution in [3.8, 4) is 11.4 Å².